The third-order valence-corrected chi connectivity index (χ3v) is 3.26. The Balaban J connectivity index is 2.04. The van der Waals surface area contributed by atoms with Crippen molar-refractivity contribution in [3.63, 3.8) is 0 Å². The summed E-state index contributed by atoms with van der Waals surface area (Å²) in [5.41, 5.74) is 0.622. The summed E-state index contributed by atoms with van der Waals surface area (Å²) >= 11 is 0. The van der Waals surface area contributed by atoms with Crippen molar-refractivity contribution in [1.29, 1.82) is 0 Å². The normalized spacial score (nSPS) is 21.2. The zero-order valence-corrected chi connectivity index (χ0v) is 9.53. The Hall–Kier alpha value is -0.0400. The van der Waals surface area contributed by atoms with Gasteiger partial charge in [0.1, 0.15) is 0 Å². The third kappa shape index (κ3) is 4.12. The fourth-order valence-corrected chi connectivity index (χ4v) is 2.19. The van der Waals surface area contributed by atoms with Gasteiger partial charge in [0.25, 0.3) is 0 Å². The van der Waals surface area contributed by atoms with E-state index in [1.165, 1.54) is 45.2 Å². The van der Waals surface area contributed by atoms with E-state index in [4.69, 9.17) is 0 Å². The van der Waals surface area contributed by atoms with Crippen molar-refractivity contribution < 1.29 is 0 Å². The van der Waals surface area contributed by atoms with E-state index < -0.39 is 0 Å². The Bertz CT molecular complexity index is 134. The monoisotopic (exact) mass is 183 g/mol. The quantitative estimate of drug-likeness (QED) is 0.645. The van der Waals surface area contributed by atoms with Gasteiger partial charge in [0.15, 0.2) is 0 Å². The molecule has 1 N–H and O–H groups in total. The highest BCUT2D eigenvalue weighted by atomic mass is 14.9. The summed E-state index contributed by atoms with van der Waals surface area (Å²) < 4.78 is 0. The lowest BCUT2D eigenvalue weighted by molar-refractivity contribution is 0.312. The molecule has 0 bridgehead atoms. The van der Waals surface area contributed by atoms with E-state index in [9.17, 15) is 0 Å². The molecular formula is C12H25N. The molecule has 13 heavy (non-hydrogen) atoms. The number of hydrogen-bond donors (Lipinski definition) is 1. The third-order valence-electron chi connectivity index (χ3n) is 3.26. The van der Waals surface area contributed by atoms with E-state index in [-0.39, 0.29) is 0 Å². The van der Waals surface area contributed by atoms with Gasteiger partial charge in [0.05, 0.1) is 0 Å². The van der Waals surface area contributed by atoms with Crippen molar-refractivity contribution in [2.24, 2.45) is 11.3 Å². The SMILES string of the molecule is CC(C)CCNCC1(C)CCCC1. The Morgan fingerprint density at radius 3 is 2.38 bits per heavy atom. The van der Waals surface area contributed by atoms with Crippen LogP contribution in [0.3, 0.4) is 0 Å². The average Bonchev–Trinajstić information content (AvgIpc) is 2.47. The standard InChI is InChI=1S/C12H25N/c1-11(2)6-9-13-10-12(3)7-4-5-8-12/h11,13H,4-10H2,1-3H3. The highest BCUT2D eigenvalue weighted by Gasteiger charge is 2.27. The first kappa shape index (κ1) is 11.0. The highest BCUT2D eigenvalue weighted by molar-refractivity contribution is 4.82. The Morgan fingerprint density at radius 2 is 1.85 bits per heavy atom. The van der Waals surface area contributed by atoms with Crippen molar-refractivity contribution in [2.75, 3.05) is 13.1 Å². The molecule has 0 aromatic rings. The fourth-order valence-electron chi connectivity index (χ4n) is 2.19. The molecule has 1 fully saturated rings. The molecule has 1 aliphatic carbocycles. The molecule has 0 aromatic carbocycles. The highest BCUT2D eigenvalue weighted by Crippen LogP contribution is 2.36. The summed E-state index contributed by atoms with van der Waals surface area (Å²) in [7, 11) is 0. The van der Waals surface area contributed by atoms with Crippen molar-refractivity contribution in [1.82, 2.24) is 5.32 Å². The Morgan fingerprint density at radius 1 is 1.23 bits per heavy atom. The van der Waals surface area contributed by atoms with Crippen LogP contribution in [-0.4, -0.2) is 13.1 Å². The van der Waals surface area contributed by atoms with Crippen molar-refractivity contribution >= 4 is 0 Å². The van der Waals surface area contributed by atoms with Gasteiger partial charge in [0, 0.05) is 6.54 Å². The zero-order chi connectivity index (χ0) is 9.73. The van der Waals surface area contributed by atoms with Gasteiger partial charge in [-0.05, 0) is 37.1 Å². The summed E-state index contributed by atoms with van der Waals surface area (Å²) in [6.07, 6.45) is 7.07. The molecule has 1 aliphatic rings. The minimum absolute atomic E-state index is 0.622. The molecule has 0 saturated heterocycles. The molecule has 0 heterocycles. The van der Waals surface area contributed by atoms with Crippen LogP contribution in [0.25, 0.3) is 0 Å². The van der Waals surface area contributed by atoms with Gasteiger partial charge in [-0.25, -0.2) is 0 Å². The van der Waals surface area contributed by atoms with Crippen LogP contribution in [0.5, 0.6) is 0 Å². The molecule has 0 amide bonds. The van der Waals surface area contributed by atoms with Crippen LogP contribution in [0.2, 0.25) is 0 Å². The molecule has 0 aromatic heterocycles. The van der Waals surface area contributed by atoms with E-state index in [1.54, 1.807) is 0 Å². The van der Waals surface area contributed by atoms with Gasteiger partial charge in [0.2, 0.25) is 0 Å². The zero-order valence-electron chi connectivity index (χ0n) is 9.53. The second kappa shape index (κ2) is 4.99. The Kier molecular flexibility index (Phi) is 4.24. The summed E-state index contributed by atoms with van der Waals surface area (Å²) in [5.74, 6) is 0.837. The summed E-state index contributed by atoms with van der Waals surface area (Å²) in [5, 5.41) is 3.60. The average molecular weight is 183 g/mol. The molecule has 1 nitrogen and oxygen atoms in total. The molecule has 0 atom stereocenters. The maximum absolute atomic E-state index is 3.60. The topological polar surface area (TPSA) is 12.0 Å². The van der Waals surface area contributed by atoms with Gasteiger partial charge in [-0.3, -0.25) is 0 Å². The molecule has 0 unspecified atom stereocenters. The number of rotatable bonds is 5. The van der Waals surface area contributed by atoms with Crippen LogP contribution in [0.4, 0.5) is 0 Å². The van der Waals surface area contributed by atoms with Crippen molar-refractivity contribution in [2.45, 2.75) is 52.9 Å². The number of hydrogen-bond acceptors (Lipinski definition) is 1. The van der Waals surface area contributed by atoms with Gasteiger partial charge in [-0.2, -0.15) is 0 Å². The van der Waals surface area contributed by atoms with Crippen LogP contribution in [0.1, 0.15) is 52.9 Å². The fraction of sp³-hybridized carbons (Fsp3) is 1.00. The lowest BCUT2D eigenvalue weighted by atomic mass is 9.89. The predicted octanol–water partition coefficient (Wildman–Crippen LogP) is 3.20. The van der Waals surface area contributed by atoms with E-state index in [1.807, 2.05) is 0 Å². The first-order valence-electron chi connectivity index (χ1n) is 5.83. The summed E-state index contributed by atoms with van der Waals surface area (Å²) in [4.78, 5) is 0. The maximum atomic E-state index is 3.60. The molecule has 0 radical (unpaired) electrons. The Labute approximate surface area is 83.3 Å². The second-order valence-corrected chi connectivity index (χ2v) is 5.38. The number of nitrogens with one attached hydrogen (secondary N) is 1. The van der Waals surface area contributed by atoms with E-state index >= 15 is 0 Å². The van der Waals surface area contributed by atoms with Crippen LogP contribution >= 0.6 is 0 Å². The van der Waals surface area contributed by atoms with E-state index in [0.29, 0.717) is 5.41 Å². The van der Waals surface area contributed by atoms with E-state index in [0.717, 1.165) is 5.92 Å². The van der Waals surface area contributed by atoms with Crippen LogP contribution in [0, 0.1) is 11.3 Å². The first-order chi connectivity index (χ1) is 6.12. The van der Waals surface area contributed by atoms with Gasteiger partial charge in [-0.15, -0.1) is 0 Å². The molecule has 1 rings (SSSR count). The predicted molar refractivity (Wildman–Crippen MR) is 58.9 cm³/mol. The van der Waals surface area contributed by atoms with Gasteiger partial charge >= 0.3 is 0 Å². The van der Waals surface area contributed by atoms with Gasteiger partial charge in [-0.1, -0.05) is 33.6 Å². The summed E-state index contributed by atoms with van der Waals surface area (Å²) in [6.45, 7) is 9.45. The molecule has 1 saturated carbocycles. The van der Waals surface area contributed by atoms with Crippen LogP contribution in [-0.2, 0) is 0 Å². The first-order valence-corrected chi connectivity index (χ1v) is 5.83. The van der Waals surface area contributed by atoms with Crippen LogP contribution in [0.15, 0.2) is 0 Å². The van der Waals surface area contributed by atoms with Crippen molar-refractivity contribution in [3.05, 3.63) is 0 Å². The van der Waals surface area contributed by atoms with Crippen molar-refractivity contribution in [3.8, 4) is 0 Å². The minimum atomic E-state index is 0.622. The van der Waals surface area contributed by atoms with Gasteiger partial charge < -0.3 is 5.32 Å². The summed E-state index contributed by atoms with van der Waals surface area (Å²) in [6, 6.07) is 0. The minimum Gasteiger partial charge on any atom is -0.316 e. The molecule has 0 spiro atoms. The van der Waals surface area contributed by atoms with E-state index in [2.05, 4.69) is 26.1 Å². The molecular weight excluding hydrogens is 158 g/mol. The molecule has 78 valence electrons. The molecule has 1 heteroatoms. The largest absolute Gasteiger partial charge is 0.316 e. The maximum Gasteiger partial charge on any atom is 0.000516 e. The van der Waals surface area contributed by atoms with Crippen LogP contribution < -0.4 is 5.32 Å². The smallest absolute Gasteiger partial charge is 0.000516 e. The molecule has 0 aliphatic heterocycles. The lowest BCUT2D eigenvalue weighted by Crippen LogP contribution is -2.30. The lowest BCUT2D eigenvalue weighted by Gasteiger charge is -2.24. The second-order valence-electron chi connectivity index (χ2n) is 5.38.